The first-order valence-corrected chi connectivity index (χ1v) is 5.99. The smallest absolute Gasteiger partial charge is 0.124 e. The van der Waals surface area contributed by atoms with Crippen LogP contribution in [0.2, 0.25) is 0 Å². The van der Waals surface area contributed by atoms with Gasteiger partial charge in [0.05, 0.1) is 18.3 Å². The lowest BCUT2D eigenvalue weighted by Gasteiger charge is -2.29. The summed E-state index contributed by atoms with van der Waals surface area (Å²) in [5.41, 5.74) is 5.99. The number of nitrogens with one attached hydrogen (secondary N) is 2. The fourth-order valence-electron chi connectivity index (χ4n) is 1.75. The summed E-state index contributed by atoms with van der Waals surface area (Å²) in [6, 6.07) is 2.41. The molecule has 17 heavy (non-hydrogen) atoms. The number of methoxy groups -OCH3 is 1. The van der Waals surface area contributed by atoms with Crippen molar-refractivity contribution in [3.63, 3.8) is 0 Å². The Morgan fingerprint density at radius 2 is 2.47 bits per heavy atom. The maximum Gasteiger partial charge on any atom is 0.124 e. The molecule has 6 nitrogen and oxygen atoms in total. The van der Waals surface area contributed by atoms with Gasteiger partial charge in [0.2, 0.25) is 0 Å². The third kappa shape index (κ3) is 2.77. The topological polar surface area (TPSA) is 77.1 Å². The first-order valence-electron chi connectivity index (χ1n) is 5.99. The zero-order valence-corrected chi connectivity index (χ0v) is 10.4. The molecule has 1 saturated heterocycles. The van der Waals surface area contributed by atoms with Crippen molar-refractivity contribution in [3.8, 4) is 0 Å². The van der Waals surface area contributed by atoms with Gasteiger partial charge in [-0.05, 0) is 6.92 Å². The van der Waals surface area contributed by atoms with Gasteiger partial charge in [-0.25, -0.2) is 4.68 Å². The molecule has 1 aromatic heterocycles. The molecule has 0 amide bonds. The molecule has 4 N–H and O–H groups in total. The minimum atomic E-state index is -0.0251. The Hall–Kier alpha value is -1.11. The Morgan fingerprint density at radius 3 is 3.06 bits per heavy atom. The molecule has 0 bridgehead atoms. The second-order valence-electron chi connectivity index (χ2n) is 4.46. The summed E-state index contributed by atoms with van der Waals surface area (Å²) in [4.78, 5) is 0. The van der Waals surface area contributed by atoms with Crippen LogP contribution in [0, 0.1) is 0 Å². The van der Waals surface area contributed by atoms with E-state index in [1.54, 1.807) is 7.11 Å². The van der Waals surface area contributed by atoms with Gasteiger partial charge in [0.1, 0.15) is 5.82 Å². The monoisotopic (exact) mass is 239 g/mol. The molecule has 2 atom stereocenters. The standard InChI is InChI=1S/C11H21N5O/c1-8(17-2)10(12)7-14-11-3-4-15-16(11)9-5-13-6-9/h3-4,8-10,13-14H,5-7,12H2,1-2H3/t8-,10-/m1/s1. The van der Waals surface area contributed by atoms with Crippen LogP contribution in [0.15, 0.2) is 12.3 Å². The van der Waals surface area contributed by atoms with Crippen molar-refractivity contribution in [1.82, 2.24) is 15.1 Å². The van der Waals surface area contributed by atoms with Gasteiger partial charge in [0.15, 0.2) is 0 Å². The molecule has 1 aromatic rings. The van der Waals surface area contributed by atoms with Crippen LogP contribution in [0.1, 0.15) is 13.0 Å². The van der Waals surface area contributed by atoms with Crippen molar-refractivity contribution >= 4 is 5.82 Å². The highest BCUT2D eigenvalue weighted by Gasteiger charge is 2.21. The highest BCUT2D eigenvalue weighted by molar-refractivity contribution is 5.35. The lowest BCUT2D eigenvalue weighted by molar-refractivity contribution is 0.0989. The van der Waals surface area contributed by atoms with E-state index in [0.717, 1.165) is 18.9 Å². The first kappa shape index (κ1) is 12.3. The fraction of sp³-hybridized carbons (Fsp3) is 0.727. The van der Waals surface area contributed by atoms with Crippen molar-refractivity contribution in [2.24, 2.45) is 5.73 Å². The Labute approximate surface area is 102 Å². The van der Waals surface area contributed by atoms with E-state index in [0.29, 0.717) is 12.6 Å². The van der Waals surface area contributed by atoms with E-state index < -0.39 is 0 Å². The Kier molecular flexibility index (Phi) is 3.98. The molecule has 0 spiro atoms. The van der Waals surface area contributed by atoms with Crippen molar-refractivity contribution in [2.45, 2.75) is 25.1 Å². The second kappa shape index (κ2) is 5.48. The first-order chi connectivity index (χ1) is 8.22. The van der Waals surface area contributed by atoms with E-state index in [4.69, 9.17) is 10.5 Å². The van der Waals surface area contributed by atoms with Crippen LogP contribution in [-0.4, -0.2) is 48.7 Å². The Bertz CT molecular complexity index is 349. The number of hydrogen-bond donors (Lipinski definition) is 3. The molecule has 2 heterocycles. The summed E-state index contributed by atoms with van der Waals surface area (Å²) in [5, 5.41) is 10.9. The molecule has 0 aliphatic carbocycles. The van der Waals surface area contributed by atoms with Gasteiger partial charge in [-0.1, -0.05) is 0 Å². The van der Waals surface area contributed by atoms with E-state index in [1.807, 2.05) is 23.9 Å². The predicted molar refractivity (Wildman–Crippen MR) is 67.1 cm³/mol. The van der Waals surface area contributed by atoms with Gasteiger partial charge in [0.25, 0.3) is 0 Å². The van der Waals surface area contributed by atoms with Crippen molar-refractivity contribution in [3.05, 3.63) is 12.3 Å². The normalized spacial score (nSPS) is 19.7. The van der Waals surface area contributed by atoms with Gasteiger partial charge >= 0.3 is 0 Å². The van der Waals surface area contributed by atoms with Crippen LogP contribution in [0.5, 0.6) is 0 Å². The van der Waals surface area contributed by atoms with Crippen LogP contribution in [-0.2, 0) is 4.74 Å². The van der Waals surface area contributed by atoms with E-state index in [1.165, 1.54) is 0 Å². The predicted octanol–water partition coefficient (Wildman–Crippen LogP) is -0.198. The van der Waals surface area contributed by atoms with Gasteiger partial charge < -0.3 is 21.1 Å². The molecule has 0 aromatic carbocycles. The molecular weight excluding hydrogens is 218 g/mol. The van der Waals surface area contributed by atoms with Gasteiger partial charge in [-0.2, -0.15) is 5.10 Å². The number of nitrogens with two attached hydrogens (primary N) is 1. The number of anilines is 1. The molecule has 96 valence electrons. The summed E-state index contributed by atoms with van der Waals surface area (Å²) >= 11 is 0. The van der Waals surface area contributed by atoms with Crippen LogP contribution >= 0.6 is 0 Å². The van der Waals surface area contributed by atoms with Gasteiger partial charge in [-0.15, -0.1) is 0 Å². The number of aromatic nitrogens is 2. The Morgan fingerprint density at radius 1 is 1.71 bits per heavy atom. The number of rotatable bonds is 6. The van der Waals surface area contributed by atoms with Crippen LogP contribution in [0.4, 0.5) is 5.82 Å². The average Bonchev–Trinajstić information content (AvgIpc) is 2.70. The molecule has 2 rings (SSSR count). The van der Waals surface area contributed by atoms with E-state index in [-0.39, 0.29) is 12.1 Å². The summed E-state index contributed by atoms with van der Waals surface area (Å²) in [5.74, 6) is 1.02. The quantitative estimate of drug-likeness (QED) is 0.641. The van der Waals surface area contributed by atoms with Crippen molar-refractivity contribution in [2.75, 3.05) is 32.1 Å². The SMILES string of the molecule is CO[C@H](C)[C@H](N)CNc1ccnn1C1CNC1. The lowest BCUT2D eigenvalue weighted by Crippen LogP contribution is -2.45. The molecule has 0 radical (unpaired) electrons. The largest absolute Gasteiger partial charge is 0.380 e. The molecule has 1 aliphatic rings. The summed E-state index contributed by atoms with van der Waals surface area (Å²) in [6.07, 6.45) is 1.86. The Balaban J connectivity index is 1.88. The van der Waals surface area contributed by atoms with Crippen LogP contribution in [0.3, 0.4) is 0 Å². The third-order valence-corrected chi connectivity index (χ3v) is 3.27. The minimum Gasteiger partial charge on any atom is -0.380 e. The van der Waals surface area contributed by atoms with Crippen LogP contribution in [0.25, 0.3) is 0 Å². The summed E-state index contributed by atoms with van der Waals surface area (Å²) in [6.45, 7) is 4.62. The second-order valence-corrected chi connectivity index (χ2v) is 4.46. The van der Waals surface area contributed by atoms with E-state index >= 15 is 0 Å². The average molecular weight is 239 g/mol. The van der Waals surface area contributed by atoms with Gasteiger partial charge in [-0.3, -0.25) is 0 Å². The summed E-state index contributed by atoms with van der Waals surface area (Å²) in [7, 11) is 1.68. The molecular formula is C11H21N5O. The molecule has 1 aliphatic heterocycles. The maximum absolute atomic E-state index is 5.99. The number of nitrogens with zero attached hydrogens (tertiary/aromatic N) is 2. The lowest BCUT2D eigenvalue weighted by atomic mass is 10.2. The van der Waals surface area contributed by atoms with E-state index in [2.05, 4.69) is 15.7 Å². The molecule has 6 heteroatoms. The van der Waals surface area contributed by atoms with Crippen molar-refractivity contribution < 1.29 is 4.74 Å². The minimum absolute atomic E-state index is 0.0251. The third-order valence-electron chi connectivity index (χ3n) is 3.27. The molecule has 0 saturated carbocycles. The fourth-order valence-corrected chi connectivity index (χ4v) is 1.75. The zero-order chi connectivity index (χ0) is 12.3. The zero-order valence-electron chi connectivity index (χ0n) is 10.4. The molecule has 0 unspecified atom stereocenters. The van der Waals surface area contributed by atoms with Crippen molar-refractivity contribution in [1.29, 1.82) is 0 Å². The van der Waals surface area contributed by atoms with Crippen LogP contribution < -0.4 is 16.4 Å². The highest BCUT2D eigenvalue weighted by atomic mass is 16.5. The van der Waals surface area contributed by atoms with E-state index in [9.17, 15) is 0 Å². The number of ether oxygens (including phenoxy) is 1. The summed E-state index contributed by atoms with van der Waals surface area (Å²) < 4.78 is 7.21. The highest BCUT2D eigenvalue weighted by Crippen LogP contribution is 2.17. The van der Waals surface area contributed by atoms with Gasteiger partial charge in [0, 0.05) is 38.9 Å². The number of hydrogen-bond acceptors (Lipinski definition) is 5. The maximum atomic E-state index is 5.99. The molecule has 1 fully saturated rings.